The second-order valence-electron chi connectivity index (χ2n) is 16.9. The number of fused-ring (bicyclic) bond motifs is 17. The van der Waals surface area contributed by atoms with Gasteiger partial charge in [0.1, 0.15) is 23.0 Å². The molecular formula is C49H44N4O8S2. The number of aromatic amines is 4. The molecular weight excluding hydrogens is 837 g/mol. The number of hydrogen-bond donors (Lipinski definition) is 4. The van der Waals surface area contributed by atoms with Crippen LogP contribution in [0.3, 0.4) is 0 Å². The average molecular weight is 881 g/mol. The molecule has 4 N–H and O–H groups in total. The quantitative estimate of drug-likeness (QED) is 0.127. The average Bonchev–Trinajstić information content (AvgIpc) is 4.11. The van der Waals surface area contributed by atoms with Gasteiger partial charge in [-0.15, -0.1) is 16.8 Å². The summed E-state index contributed by atoms with van der Waals surface area (Å²) < 4.78 is 77.1. The fourth-order valence-electron chi connectivity index (χ4n) is 9.54. The van der Waals surface area contributed by atoms with E-state index in [4.69, 9.17) is 16.7 Å². The van der Waals surface area contributed by atoms with Crippen LogP contribution >= 0.6 is 0 Å². The minimum Gasteiger partial charge on any atom is -0.360 e. The number of allylic oxidation sites excluding steroid dienone is 4. The lowest BCUT2D eigenvalue weighted by Gasteiger charge is -2.34. The van der Waals surface area contributed by atoms with Crippen LogP contribution in [0.5, 0.6) is 17.2 Å². The predicted octanol–water partition coefficient (Wildman–Crippen LogP) is 9.37. The van der Waals surface area contributed by atoms with Crippen molar-refractivity contribution in [1.29, 1.82) is 0 Å². The lowest BCUT2D eigenvalue weighted by Crippen LogP contribution is -2.32. The zero-order chi connectivity index (χ0) is 44.2. The Morgan fingerprint density at radius 3 is 1.06 bits per heavy atom. The molecule has 18 bridgehead atoms. The monoisotopic (exact) mass is 880 g/mol. The number of rotatable bonds is 1. The molecule has 7 aromatic rings. The highest BCUT2D eigenvalue weighted by molar-refractivity contribution is 7.82. The smallest absolute Gasteiger partial charge is 0.360 e. The van der Waals surface area contributed by atoms with Gasteiger partial charge >= 0.3 is 20.8 Å². The van der Waals surface area contributed by atoms with Gasteiger partial charge in [-0.2, -0.15) is 0 Å². The van der Waals surface area contributed by atoms with Gasteiger partial charge in [0.15, 0.2) is 0 Å². The first-order chi connectivity index (χ1) is 30.0. The van der Waals surface area contributed by atoms with Crippen molar-refractivity contribution in [1.82, 2.24) is 19.9 Å². The van der Waals surface area contributed by atoms with Crippen LogP contribution in [0.4, 0.5) is 0 Å². The molecule has 3 aliphatic heterocycles. The normalized spacial score (nSPS) is 26.9. The van der Waals surface area contributed by atoms with E-state index in [9.17, 15) is 16.8 Å². The molecule has 14 heteroatoms. The Morgan fingerprint density at radius 1 is 0.460 bits per heavy atom. The molecule has 320 valence electrons. The van der Waals surface area contributed by atoms with Crippen LogP contribution in [0, 0.1) is 0 Å². The van der Waals surface area contributed by atoms with Crippen molar-refractivity contribution in [2.45, 2.75) is 56.3 Å². The maximum absolute atomic E-state index is 13.7. The molecule has 0 unspecified atom stereocenters. The van der Waals surface area contributed by atoms with Crippen molar-refractivity contribution in [2.75, 3.05) is 0 Å². The lowest BCUT2D eigenvalue weighted by atomic mass is 9.75. The van der Waals surface area contributed by atoms with Gasteiger partial charge in [-0.3, -0.25) is 0 Å². The minimum absolute atomic E-state index is 0.0232. The molecule has 0 radical (unpaired) electrons. The standard InChI is InChI=1S/C49H44N4O8S2/c1-7-30-26-34(8-2)58-62(54,55)59-35-15-9-12-31(27-35)47(4)40-20-18-38(50-40)46(30,3)39-19-21-41(51-39)48(5)32-13-10-16-36(28-32)60-63(56,57)61-37-17-11-14-33(29-37)49(6,44-24-22-42(47)52-44)45-25-23-43(48)53-45/h7-29,50-53H,1H2,2-6H3/b30-26+,34-8+/t46-,47+,48-,49+/m1/s1. The maximum Gasteiger partial charge on any atom is 0.500 e. The second kappa shape index (κ2) is 13.8. The summed E-state index contributed by atoms with van der Waals surface area (Å²) in [5.41, 5.74) is 4.94. The summed E-state index contributed by atoms with van der Waals surface area (Å²) in [7, 11) is -9.22. The first-order valence-corrected chi connectivity index (χ1v) is 23.1. The Labute approximate surface area is 366 Å². The van der Waals surface area contributed by atoms with Crippen molar-refractivity contribution in [2.24, 2.45) is 0 Å². The van der Waals surface area contributed by atoms with Crippen LogP contribution in [-0.4, -0.2) is 36.8 Å². The Hall–Kier alpha value is -6.90. The van der Waals surface area contributed by atoms with E-state index in [1.807, 2.05) is 55.5 Å². The third-order valence-corrected chi connectivity index (χ3v) is 15.0. The van der Waals surface area contributed by atoms with E-state index >= 15 is 0 Å². The third-order valence-electron chi connectivity index (χ3n) is 13.5. The van der Waals surface area contributed by atoms with Crippen molar-refractivity contribution < 1.29 is 33.6 Å². The largest absolute Gasteiger partial charge is 0.500 e. The van der Waals surface area contributed by atoms with Gasteiger partial charge in [0.05, 0.1) is 21.7 Å². The van der Waals surface area contributed by atoms with Crippen LogP contribution in [0.2, 0.25) is 0 Å². The summed E-state index contributed by atoms with van der Waals surface area (Å²) in [5.74, 6) is 0.220. The number of H-pyrrole nitrogens is 4. The first-order valence-electron chi connectivity index (χ1n) is 20.4. The molecule has 0 saturated carbocycles. The molecule has 10 rings (SSSR count). The molecule has 3 aromatic carbocycles. The Kier molecular flexibility index (Phi) is 8.80. The van der Waals surface area contributed by atoms with Gasteiger partial charge in [-0.25, -0.2) is 0 Å². The predicted molar refractivity (Wildman–Crippen MR) is 238 cm³/mol. The summed E-state index contributed by atoms with van der Waals surface area (Å²) in [6.45, 7) is 14.1. The van der Waals surface area contributed by atoms with E-state index in [1.165, 1.54) is 0 Å². The summed E-state index contributed by atoms with van der Waals surface area (Å²) >= 11 is 0. The molecule has 12 nitrogen and oxygen atoms in total. The van der Waals surface area contributed by atoms with E-state index in [1.54, 1.807) is 79.7 Å². The molecule has 0 aliphatic carbocycles. The third kappa shape index (κ3) is 6.14. The molecule has 4 atom stereocenters. The molecule has 4 aromatic heterocycles. The van der Waals surface area contributed by atoms with Gasteiger partial charge in [0, 0.05) is 45.6 Å². The molecule has 0 saturated heterocycles. The summed E-state index contributed by atoms with van der Waals surface area (Å²) in [4.78, 5) is 15.3. The van der Waals surface area contributed by atoms with Crippen molar-refractivity contribution in [3.05, 3.63) is 220 Å². The van der Waals surface area contributed by atoms with Gasteiger partial charge in [-0.1, -0.05) is 49.1 Å². The first kappa shape index (κ1) is 40.2. The zero-order valence-electron chi connectivity index (χ0n) is 35.1. The minimum atomic E-state index is -4.63. The fraction of sp³-hybridized carbons (Fsp3) is 0.184. The van der Waals surface area contributed by atoms with Crippen molar-refractivity contribution in [3.8, 4) is 17.2 Å². The van der Waals surface area contributed by atoms with E-state index in [0.29, 0.717) is 16.7 Å². The molecule has 0 spiro atoms. The maximum atomic E-state index is 13.7. The highest BCUT2D eigenvalue weighted by Gasteiger charge is 2.44. The number of hydrogen-bond acceptors (Lipinski definition) is 8. The van der Waals surface area contributed by atoms with Crippen molar-refractivity contribution >= 4 is 20.8 Å². The molecule has 0 fully saturated rings. The van der Waals surface area contributed by atoms with Gasteiger partial charge in [0.25, 0.3) is 0 Å². The molecule has 63 heavy (non-hydrogen) atoms. The van der Waals surface area contributed by atoms with Gasteiger partial charge in [-0.05, 0) is 154 Å². The molecule has 7 heterocycles. The van der Waals surface area contributed by atoms with E-state index in [-0.39, 0.29) is 23.0 Å². The highest BCUT2D eigenvalue weighted by Crippen LogP contribution is 2.49. The van der Waals surface area contributed by atoms with Gasteiger partial charge < -0.3 is 36.7 Å². The van der Waals surface area contributed by atoms with Crippen LogP contribution < -0.4 is 12.5 Å². The van der Waals surface area contributed by atoms with Crippen molar-refractivity contribution in [3.63, 3.8) is 0 Å². The fourth-order valence-corrected chi connectivity index (χ4v) is 11.0. The topological polar surface area (TPSA) is 168 Å². The Bertz CT molecular complexity index is 3300. The van der Waals surface area contributed by atoms with Crippen LogP contribution in [0.25, 0.3) is 0 Å². The van der Waals surface area contributed by atoms with E-state index in [2.05, 4.69) is 65.5 Å². The Balaban J connectivity index is 1.36. The molecule has 0 amide bonds. The van der Waals surface area contributed by atoms with Crippen LogP contribution in [0.15, 0.2) is 157 Å². The zero-order valence-corrected chi connectivity index (χ0v) is 36.7. The number of aromatic nitrogens is 4. The summed E-state index contributed by atoms with van der Waals surface area (Å²) in [6, 6.07) is 37.1. The van der Waals surface area contributed by atoms with Crippen LogP contribution in [0.1, 0.15) is 96.9 Å². The van der Waals surface area contributed by atoms with E-state index < -0.39 is 42.5 Å². The number of benzene rings is 3. The lowest BCUT2D eigenvalue weighted by molar-refractivity contribution is 0.345. The van der Waals surface area contributed by atoms with Gasteiger partial charge in [0.2, 0.25) is 0 Å². The van der Waals surface area contributed by atoms with Crippen LogP contribution in [-0.2, 0) is 46.6 Å². The molecule has 3 aliphatic rings. The SMILES string of the molecule is C=C/C1=C\C(=C/C)OS(=O)(=O)Oc2cccc(c2)[C@@]2(C)c3ccc([nH]3)[C@]1(C)c1ccc([nH]1)[C@@]1(C)c3cccc(c3)OS(=O)(=O)Oc3cccc(c3)[C@@](C)(c3ccc2[nH]3)c2ccc1[nH]2. The van der Waals surface area contributed by atoms with E-state index in [0.717, 1.165) is 51.1 Å². The highest BCUT2D eigenvalue weighted by atomic mass is 32.3. The second-order valence-corrected chi connectivity index (χ2v) is 19.2. The summed E-state index contributed by atoms with van der Waals surface area (Å²) in [6.07, 6.45) is 4.88. The number of nitrogens with one attached hydrogen (secondary N) is 4. The Morgan fingerprint density at radius 2 is 0.762 bits per heavy atom. The summed E-state index contributed by atoms with van der Waals surface area (Å²) in [5, 5.41) is 0.